The third-order valence-electron chi connectivity index (χ3n) is 7.45. The van der Waals surface area contributed by atoms with Crippen molar-refractivity contribution < 1.29 is 4.39 Å². The molecule has 5 rings (SSSR count). The number of halogens is 1. The molecular weight excluding hydrogens is 309 g/mol. The Balaban J connectivity index is 1.82. The first-order valence-corrected chi connectivity index (χ1v) is 9.65. The molecule has 0 radical (unpaired) electrons. The van der Waals surface area contributed by atoms with E-state index < -0.39 is 0 Å². The fraction of sp³-hybridized carbons (Fsp3) is 0.478. The molecule has 1 fully saturated rings. The Morgan fingerprint density at radius 3 is 2.20 bits per heavy atom. The molecule has 3 aliphatic rings. The predicted molar refractivity (Wildman–Crippen MR) is 99.4 cm³/mol. The van der Waals surface area contributed by atoms with Crippen LogP contribution in [0, 0.1) is 5.92 Å². The van der Waals surface area contributed by atoms with Crippen molar-refractivity contribution in [1.82, 2.24) is 5.32 Å². The summed E-state index contributed by atoms with van der Waals surface area (Å²) in [4.78, 5) is 0. The van der Waals surface area contributed by atoms with Gasteiger partial charge in [-0.1, -0.05) is 55.5 Å². The van der Waals surface area contributed by atoms with E-state index in [2.05, 4.69) is 67.7 Å². The Bertz CT molecular complexity index is 845. The number of benzene rings is 2. The average Bonchev–Trinajstić information content (AvgIpc) is 3.27. The fourth-order valence-electron chi connectivity index (χ4n) is 6.16. The molecule has 1 aliphatic carbocycles. The Labute approximate surface area is 149 Å². The minimum absolute atomic E-state index is 0.227. The van der Waals surface area contributed by atoms with Crippen molar-refractivity contribution in [2.24, 2.45) is 5.92 Å². The quantitative estimate of drug-likeness (QED) is 0.815. The Morgan fingerprint density at radius 2 is 1.56 bits per heavy atom. The lowest BCUT2D eigenvalue weighted by molar-refractivity contribution is 0.209. The molecule has 1 unspecified atom stereocenters. The van der Waals surface area contributed by atoms with Gasteiger partial charge in [0.05, 0.1) is 12.2 Å². The van der Waals surface area contributed by atoms with Crippen molar-refractivity contribution in [1.29, 1.82) is 0 Å². The molecule has 0 spiro atoms. The van der Waals surface area contributed by atoms with E-state index >= 15 is 0 Å². The number of fused-ring (bicyclic) bond motifs is 9. The zero-order valence-electron chi connectivity index (χ0n) is 15.1. The summed E-state index contributed by atoms with van der Waals surface area (Å²) in [5.41, 5.74) is 5.40. The summed E-state index contributed by atoms with van der Waals surface area (Å²) in [6.45, 7) is 4.35. The van der Waals surface area contributed by atoms with Gasteiger partial charge in [0.1, 0.15) is 0 Å². The van der Waals surface area contributed by atoms with Gasteiger partial charge in [0.25, 0.3) is 0 Å². The minimum atomic E-state index is -0.273. The Morgan fingerprint density at radius 1 is 0.960 bits per heavy atom. The maximum atomic E-state index is 13.7. The van der Waals surface area contributed by atoms with Crippen LogP contribution < -0.4 is 5.32 Å². The largest absolute Gasteiger partial charge is 0.294 e. The second-order valence-electron chi connectivity index (χ2n) is 8.48. The van der Waals surface area contributed by atoms with Crippen molar-refractivity contribution in [3.05, 3.63) is 70.8 Å². The maximum absolute atomic E-state index is 13.7. The molecule has 2 bridgehead atoms. The third kappa shape index (κ3) is 1.81. The Hall–Kier alpha value is -1.67. The lowest BCUT2D eigenvalue weighted by atomic mass is 9.76. The fourth-order valence-corrected chi connectivity index (χ4v) is 6.16. The van der Waals surface area contributed by atoms with E-state index in [9.17, 15) is 4.39 Å². The normalized spacial score (nSPS) is 37.5. The lowest BCUT2D eigenvalue weighted by Crippen LogP contribution is -2.49. The summed E-state index contributed by atoms with van der Waals surface area (Å²) >= 11 is 0. The van der Waals surface area contributed by atoms with Crippen LogP contribution in [0.5, 0.6) is 0 Å². The highest BCUT2D eigenvalue weighted by atomic mass is 19.1. The van der Waals surface area contributed by atoms with Gasteiger partial charge >= 0.3 is 0 Å². The first kappa shape index (κ1) is 15.6. The van der Waals surface area contributed by atoms with E-state index in [1.165, 1.54) is 35.1 Å². The van der Waals surface area contributed by atoms with E-state index in [1.807, 2.05) is 0 Å². The van der Waals surface area contributed by atoms with E-state index in [0.717, 1.165) is 6.42 Å². The summed E-state index contributed by atoms with van der Waals surface area (Å²) in [5, 5.41) is 3.96. The lowest BCUT2D eigenvalue weighted by Gasteiger charge is -2.40. The molecule has 1 nitrogen and oxygen atoms in total. The molecule has 2 heterocycles. The van der Waals surface area contributed by atoms with Crippen molar-refractivity contribution >= 4 is 0 Å². The van der Waals surface area contributed by atoms with Gasteiger partial charge in [0.15, 0.2) is 0 Å². The van der Waals surface area contributed by atoms with Crippen molar-refractivity contribution in [2.75, 3.05) is 6.67 Å². The Kier molecular flexibility index (Phi) is 3.08. The molecule has 2 heteroatoms. The van der Waals surface area contributed by atoms with E-state index in [4.69, 9.17) is 0 Å². The summed E-state index contributed by atoms with van der Waals surface area (Å²) in [7, 11) is 0. The van der Waals surface area contributed by atoms with Crippen LogP contribution in [0.2, 0.25) is 0 Å². The smallest absolute Gasteiger partial charge is 0.0915 e. The highest BCUT2D eigenvalue weighted by Crippen LogP contribution is 2.66. The molecule has 2 aromatic rings. The van der Waals surface area contributed by atoms with Gasteiger partial charge in [-0.15, -0.1) is 0 Å². The van der Waals surface area contributed by atoms with Crippen molar-refractivity contribution in [3.8, 4) is 0 Å². The maximum Gasteiger partial charge on any atom is 0.0915 e. The van der Waals surface area contributed by atoms with Crippen molar-refractivity contribution in [2.45, 2.75) is 56.0 Å². The molecule has 0 saturated heterocycles. The second-order valence-corrected chi connectivity index (χ2v) is 8.48. The van der Waals surface area contributed by atoms with Gasteiger partial charge < -0.3 is 0 Å². The minimum Gasteiger partial charge on any atom is -0.294 e. The highest BCUT2D eigenvalue weighted by Gasteiger charge is 2.63. The molecule has 4 atom stereocenters. The molecule has 25 heavy (non-hydrogen) atoms. The molecule has 130 valence electrons. The van der Waals surface area contributed by atoms with Crippen LogP contribution in [0.4, 0.5) is 4.39 Å². The van der Waals surface area contributed by atoms with Crippen LogP contribution in [0.3, 0.4) is 0 Å². The van der Waals surface area contributed by atoms with Crippen LogP contribution in [-0.2, 0) is 16.5 Å². The van der Waals surface area contributed by atoms with E-state index in [1.54, 1.807) is 0 Å². The van der Waals surface area contributed by atoms with Gasteiger partial charge in [-0.25, -0.2) is 0 Å². The molecule has 2 aromatic carbocycles. The van der Waals surface area contributed by atoms with Crippen LogP contribution in [0.25, 0.3) is 0 Å². The van der Waals surface area contributed by atoms with Gasteiger partial charge in [-0.05, 0) is 66.2 Å². The van der Waals surface area contributed by atoms with Gasteiger partial charge in [-0.2, -0.15) is 0 Å². The first-order valence-electron chi connectivity index (χ1n) is 9.65. The number of hydrogen-bond acceptors (Lipinski definition) is 1. The molecule has 2 aliphatic heterocycles. The van der Waals surface area contributed by atoms with Crippen LogP contribution in [0.1, 0.15) is 61.8 Å². The standard InChI is InChI=1S/C23H26FN/c1-3-22-14-16(22)15-23(12-13-24)20-11-7-5-9-18(20)21(2,25-23)17-8-4-6-10-19(17)22/h4-11,16,25H,3,12-15H2,1-2H3/t16-,21-,22-,23?/m1/s1. The SMILES string of the molecule is CC[C@@]12C[C@@H]1CC1(CCF)N[C@@](C)(c3ccccc31)c1ccccc12. The van der Waals surface area contributed by atoms with Crippen LogP contribution >= 0.6 is 0 Å². The number of hydrogen-bond donors (Lipinski definition) is 1. The number of rotatable bonds is 3. The number of alkyl halides is 1. The first-order chi connectivity index (χ1) is 12.1. The van der Waals surface area contributed by atoms with Crippen molar-refractivity contribution in [3.63, 3.8) is 0 Å². The zero-order valence-corrected chi connectivity index (χ0v) is 15.1. The van der Waals surface area contributed by atoms with E-state index in [0.29, 0.717) is 17.8 Å². The van der Waals surface area contributed by atoms with Gasteiger partial charge in [-0.3, -0.25) is 9.71 Å². The average molecular weight is 335 g/mol. The number of nitrogens with one attached hydrogen (secondary N) is 1. The third-order valence-corrected chi connectivity index (χ3v) is 7.45. The summed E-state index contributed by atoms with van der Waals surface area (Å²) < 4.78 is 13.7. The molecule has 1 saturated carbocycles. The molecule has 0 amide bonds. The molecule has 1 N–H and O–H groups in total. The van der Waals surface area contributed by atoms with Gasteiger partial charge in [0, 0.05) is 5.54 Å². The van der Waals surface area contributed by atoms with Crippen LogP contribution in [0.15, 0.2) is 48.5 Å². The van der Waals surface area contributed by atoms with Gasteiger partial charge in [0.2, 0.25) is 0 Å². The summed E-state index contributed by atoms with van der Waals surface area (Å²) in [5.74, 6) is 0.647. The monoisotopic (exact) mass is 335 g/mol. The second kappa shape index (κ2) is 4.94. The highest BCUT2D eigenvalue weighted by molar-refractivity contribution is 5.57. The molecular formula is C23H26FN. The van der Waals surface area contributed by atoms with E-state index in [-0.39, 0.29) is 17.8 Å². The summed E-state index contributed by atoms with van der Waals surface area (Å²) in [6.07, 6.45) is 4.03. The zero-order chi connectivity index (χ0) is 17.3. The summed E-state index contributed by atoms with van der Waals surface area (Å²) in [6, 6.07) is 17.7. The molecule has 0 aromatic heterocycles. The topological polar surface area (TPSA) is 12.0 Å². The predicted octanol–water partition coefficient (Wildman–Crippen LogP) is 5.18. The van der Waals surface area contributed by atoms with Crippen LogP contribution in [-0.4, -0.2) is 6.67 Å².